The van der Waals surface area contributed by atoms with Gasteiger partial charge in [-0.3, -0.25) is 4.79 Å². The first-order chi connectivity index (χ1) is 9.90. The molecule has 1 aromatic rings. The SMILES string of the molecule is CC(C)[C@H](CC(=O)O)NC(=O)N(C)CCc1ccccc1. The molecule has 0 aliphatic rings. The van der Waals surface area contributed by atoms with Crippen LogP contribution in [0.5, 0.6) is 0 Å². The van der Waals surface area contributed by atoms with E-state index in [2.05, 4.69) is 5.32 Å². The van der Waals surface area contributed by atoms with Crippen molar-refractivity contribution in [1.29, 1.82) is 0 Å². The van der Waals surface area contributed by atoms with Gasteiger partial charge in [0.2, 0.25) is 0 Å². The summed E-state index contributed by atoms with van der Waals surface area (Å²) < 4.78 is 0. The third-order valence-corrected chi connectivity index (χ3v) is 3.43. The van der Waals surface area contributed by atoms with Gasteiger partial charge in [-0.05, 0) is 17.9 Å². The minimum atomic E-state index is -0.902. The smallest absolute Gasteiger partial charge is 0.317 e. The maximum absolute atomic E-state index is 12.1. The second-order valence-electron chi connectivity index (χ2n) is 5.56. The zero-order valence-electron chi connectivity index (χ0n) is 12.9. The van der Waals surface area contributed by atoms with E-state index in [4.69, 9.17) is 5.11 Å². The Morgan fingerprint density at radius 2 is 1.86 bits per heavy atom. The highest BCUT2D eigenvalue weighted by molar-refractivity contribution is 5.75. The van der Waals surface area contributed by atoms with Crippen molar-refractivity contribution in [2.24, 2.45) is 5.92 Å². The van der Waals surface area contributed by atoms with E-state index in [1.54, 1.807) is 11.9 Å². The third-order valence-electron chi connectivity index (χ3n) is 3.43. The molecule has 0 unspecified atom stereocenters. The predicted molar refractivity (Wildman–Crippen MR) is 82.2 cm³/mol. The molecule has 2 N–H and O–H groups in total. The van der Waals surface area contributed by atoms with Crippen molar-refractivity contribution in [3.8, 4) is 0 Å². The van der Waals surface area contributed by atoms with E-state index in [-0.39, 0.29) is 24.4 Å². The molecule has 0 aliphatic carbocycles. The number of rotatable bonds is 7. The number of carbonyl (C=O) groups excluding carboxylic acids is 1. The topological polar surface area (TPSA) is 69.6 Å². The lowest BCUT2D eigenvalue weighted by Crippen LogP contribution is -2.46. The third kappa shape index (κ3) is 6.29. The molecule has 2 amide bonds. The summed E-state index contributed by atoms with van der Waals surface area (Å²) in [6.07, 6.45) is 0.714. The van der Waals surface area contributed by atoms with Gasteiger partial charge in [-0.25, -0.2) is 4.79 Å². The number of aliphatic carboxylic acids is 1. The van der Waals surface area contributed by atoms with E-state index in [0.29, 0.717) is 6.54 Å². The number of nitrogens with one attached hydrogen (secondary N) is 1. The van der Waals surface area contributed by atoms with Crippen LogP contribution in [0.1, 0.15) is 25.8 Å². The standard InChI is InChI=1S/C16H24N2O3/c1-12(2)14(11-15(19)20)17-16(21)18(3)10-9-13-7-5-4-6-8-13/h4-8,12,14H,9-11H2,1-3H3,(H,17,21)(H,19,20)/t14-/m0/s1. The Labute approximate surface area is 126 Å². The van der Waals surface area contributed by atoms with Crippen LogP contribution in [0.2, 0.25) is 0 Å². The Kier molecular flexibility index (Phi) is 6.72. The van der Waals surface area contributed by atoms with Crippen molar-refractivity contribution in [3.05, 3.63) is 35.9 Å². The Balaban J connectivity index is 2.47. The molecule has 0 fully saturated rings. The summed E-state index contributed by atoms with van der Waals surface area (Å²) in [6.45, 7) is 4.39. The number of carbonyl (C=O) groups is 2. The number of carboxylic acids is 1. The van der Waals surface area contributed by atoms with Crippen molar-refractivity contribution >= 4 is 12.0 Å². The number of hydrogen-bond acceptors (Lipinski definition) is 2. The molecule has 0 aromatic heterocycles. The van der Waals surface area contributed by atoms with E-state index in [9.17, 15) is 9.59 Å². The Bertz CT molecular complexity index is 460. The second kappa shape index (κ2) is 8.29. The minimum Gasteiger partial charge on any atom is -0.481 e. The fourth-order valence-corrected chi connectivity index (χ4v) is 1.95. The van der Waals surface area contributed by atoms with E-state index >= 15 is 0 Å². The number of urea groups is 1. The average Bonchev–Trinajstić information content (AvgIpc) is 2.44. The van der Waals surface area contributed by atoms with Crippen LogP contribution in [0, 0.1) is 5.92 Å². The molecule has 116 valence electrons. The van der Waals surface area contributed by atoms with Crippen molar-refractivity contribution in [2.75, 3.05) is 13.6 Å². The van der Waals surface area contributed by atoms with Gasteiger partial charge >= 0.3 is 12.0 Å². The van der Waals surface area contributed by atoms with Crippen molar-refractivity contribution in [1.82, 2.24) is 10.2 Å². The van der Waals surface area contributed by atoms with Gasteiger partial charge in [0.05, 0.1) is 6.42 Å². The quantitative estimate of drug-likeness (QED) is 0.810. The number of carboxylic acid groups (broad SMARTS) is 1. The molecule has 0 bridgehead atoms. The number of amides is 2. The summed E-state index contributed by atoms with van der Waals surface area (Å²) in [5.41, 5.74) is 1.17. The first-order valence-electron chi connectivity index (χ1n) is 7.17. The molecule has 21 heavy (non-hydrogen) atoms. The monoisotopic (exact) mass is 292 g/mol. The summed E-state index contributed by atoms with van der Waals surface area (Å²) in [5, 5.41) is 11.7. The lowest BCUT2D eigenvalue weighted by atomic mass is 10.0. The molecule has 0 heterocycles. The maximum Gasteiger partial charge on any atom is 0.317 e. The van der Waals surface area contributed by atoms with E-state index in [0.717, 1.165) is 6.42 Å². The van der Waals surface area contributed by atoms with Crippen molar-refractivity contribution < 1.29 is 14.7 Å². The Morgan fingerprint density at radius 1 is 1.24 bits per heavy atom. The lowest BCUT2D eigenvalue weighted by Gasteiger charge is -2.25. The van der Waals surface area contributed by atoms with Gasteiger partial charge in [-0.15, -0.1) is 0 Å². The van der Waals surface area contributed by atoms with Crippen LogP contribution >= 0.6 is 0 Å². The van der Waals surface area contributed by atoms with E-state index in [1.807, 2.05) is 44.2 Å². The molecule has 0 saturated carbocycles. The van der Waals surface area contributed by atoms with Crippen molar-refractivity contribution in [3.63, 3.8) is 0 Å². The van der Waals surface area contributed by atoms with Crippen LogP contribution < -0.4 is 5.32 Å². The van der Waals surface area contributed by atoms with Gasteiger partial charge in [-0.1, -0.05) is 44.2 Å². The summed E-state index contributed by atoms with van der Waals surface area (Å²) in [7, 11) is 1.72. The zero-order valence-corrected chi connectivity index (χ0v) is 12.9. The predicted octanol–water partition coefficient (Wildman–Crippen LogP) is 2.37. The van der Waals surface area contributed by atoms with Gasteiger partial charge in [0.15, 0.2) is 0 Å². The summed E-state index contributed by atoms with van der Waals surface area (Å²) >= 11 is 0. The zero-order chi connectivity index (χ0) is 15.8. The molecule has 5 heteroatoms. The van der Waals surface area contributed by atoms with Crippen LogP contribution in [0.15, 0.2) is 30.3 Å². The summed E-state index contributed by atoms with van der Waals surface area (Å²) in [5.74, 6) is -0.825. The van der Waals surface area contributed by atoms with E-state index in [1.165, 1.54) is 5.56 Å². The lowest BCUT2D eigenvalue weighted by molar-refractivity contribution is -0.137. The van der Waals surface area contributed by atoms with Crippen LogP contribution in [-0.4, -0.2) is 41.6 Å². The van der Waals surface area contributed by atoms with Gasteiger partial charge in [0.25, 0.3) is 0 Å². The molecule has 1 rings (SSSR count). The molecular weight excluding hydrogens is 268 g/mol. The number of likely N-dealkylation sites (N-methyl/N-ethyl adjacent to an activating group) is 1. The second-order valence-corrected chi connectivity index (χ2v) is 5.56. The molecule has 0 radical (unpaired) electrons. The highest BCUT2D eigenvalue weighted by Gasteiger charge is 2.20. The fraction of sp³-hybridized carbons (Fsp3) is 0.500. The summed E-state index contributed by atoms with van der Waals surface area (Å²) in [6, 6.07) is 9.35. The van der Waals surface area contributed by atoms with E-state index < -0.39 is 5.97 Å². The van der Waals surface area contributed by atoms with Gasteiger partial charge in [0.1, 0.15) is 0 Å². The van der Waals surface area contributed by atoms with Gasteiger partial charge in [0, 0.05) is 19.6 Å². The average molecular weight is 292 g/mol. The number of hydrogen-bond donors (Lipinski definition) is 2. The highest BCUT2D eigenvalue weighted by Crippen LogP contribution is 2.07. The molecule has 0 aliphatic heterocycles. The molecule has 1 aromatic carbocycles. The van der Waals surface area contributed by atoms with Crippen LogP contribution in [0.3, 0.4) is 0 Å². The number of nitrogens with zero attached hydrogens (tertiary/aromatic N) is 1. The number of benzene rings is 1. The van der Waals surface area contributed by atoms with Crippen LogP contribution in [0.4, 0.5) is 4.79 Å². The minimum absolute atomic E-state index is 0.0596. The van der Waals surface area contributed by atoms with Crippen LogP contribution in [0.25, 0.3) is 0 Å². The normalized spacial score (nSPS) is 12.0. The Hall–Kier alpha value is -2.04. The molecule has 0 saturated heterocycles. The molecule has 1 atom stereocenters. The first kappa shape index (κ1) is 17.0. The fourth-order valence-electron chi connectivity index (χ4n) is 1.95. The molecule has 0 spiro atoms. The largest absolute Gasteiger partial charge is 0.481 e. The van der Waals surface area contributed by atoms with Gasteiger partial charge in [-0.2, -0.15) is 0 Å². The highest BCUT2D eigenvalue weighted by atomic mass is 16.4. The maximum atomic E-state index is 12.1. The summed E-state index contributed by atoms with van der Waals surface area (Å²) in [4.78, 5) is 24.5. The van der Waals surface area contributed by atoms with Crippen molar-refractivity contribution in [2.45, 2.75) is 32.7 Å². The van der Waals surface area contributed by atoms with Gasteiger partial charge < -0.3 is 15.3 Å². The first-order valence-corrected chi connectivity index (χ1v) is 7.17. The van der Waals surface area contributed by atoms with Crippen LogP contribution in [-0.2, 0) is 11.2 Å². The molecule has 5 nitrogen and oxygen atoms in total. The molecular formula is C16H24N2O3. The Morgan fingerprint density at radius 3 is 2.38 bits per heavy atom.